The molecule has 210 valence electrons. The molecule has 0 fully saturated rings. The highest BCUT2D eigenvalue weighted by atomic mass is 16.1. The molecule has 2 heterocycles. The number of rotatable bonds is 9. The van der Waals surface area contributed by atoms with E-state index in [0.29, 0.717) is 18.6 Å². The number of allylic oxidation sites excluding steroid dienone is 6. The van der Waals surface area contributed by atoms with E-state index >= 15 is 0 Å². The molecular formula is C31H35N9O. The average molecular weight is 550 g/mol. The number of pyridine rings is 2. The van der Waals surface area contributed by atoms with E-state index in [1.807, 2.05) is 88.4 Å². The second kappa shape index (κ2) is 13.8. The molecule has 1 aliphatic rings. The lowest BCUT2D eigenvalue weighted by molar-refractivity contribution is -0.122. The maximum atomic E-state index is 13.0. The summed E-state index contributed by atoms with van der Waals surface area (Å²) < 4.78 is 0. The van der Waals surface area contributed by atoms with E-state index < -0.39 is 0 Å². The van der Waals surface area contributed by atoms with E-state index in [1.54, 1.807) is 12.4 Å². The number of hydrogen-bond donors (Lipinski definition) is 4. The molecule has 1 atom stereocenters. The van der Waals surface area contributed by atoms with Crippen molar-refractivity contribution < 1.29 is 4.79 Å². The molecule has 0 saturated heterocycles. The van der Waals surface area contributed by atoms with Crippen LogP contribution >= 0.6 is 0 Å². The van der Waals surface area contributed by atoms with Crippen LogP contribution in [0.4, 0.5) is 11.4 Å². The largest absolute Gasteiger partial charge is 0.359 e. The van der Waals surface area contributed by atoms with E-state index in [-0.39, 0.29) is 11.8 Å². The van der Waals surface area contributed by atoms with Crippen molar-refractivity contribution in [2.24, 2.45) is 27.3 Å². The average Bonchev–Trinajstić information content (AvgIpc) is 3.20. The third-order valence-corrected chi connectivity index (χ3v) is 6.50. The number of benzene rings is 1. The fourth-order valence-electron chi connectivity index (χ4n) is 4.36. The zero-order valence-electron chi connectivity index (χ0n) is 23.7. The zero-order chi connectivity index (χ0) is 29.2. The van der Waals surface area contributed by atoms with Crippen LogP contribution in [0.1, 0.15) is 44.9 Å². The molecule has 0 bridgehead atoms. The Bertz CT molecular complexity index is 1600. The Hall–Kier alpha value is -5.12. The molecule has 5 N–H and O–H groups in total. The standard InChI is InChI=1S/C31H35N9O/c1-20(35-27-14-16-33-22(3)18-27)8-9-21(2)36-31(41)24-6-5-7-26(12-10-24)37-30-15-17-34-29-13-11-25(19-28(29)30)23(4)38-40-39-32/h5-6,8-9,11-19,24H,7,10H2,1-4H3,(H2,32,40)(H,33,35)(H,34,37)(H,36,41)/b20-8+,21-9+,38-23+. The number of hydrogen-bond acceptors (Lipinski definition) is 7. The van der Waals surface area contributed by atoms with Crippen molar-refractivity contribution in [1.82, 2.24) is 15.3 Å². The summed E-state index contributed by atoms with van der Waals surface area (Å²) in [4.78, 5) is 21.7. The van der Waals surface area contributed by atoms with Crippen molar-refractivity contribution in [3.05, 3.63) is 108 Å². The summed E-state index contributed by atoms with van der Waals surface area (Å²) in [6.07, 6.45) is 14.7. The normalized spacial score (nSPS) is 16.4. The Morgan fingerprint density at radius 2 is 1.85 bits per heavy atom. The van der Waals surface area contributed by atoms with Gasteiger partial charge < -0.3 is 21.8 Å². The van der Waals surface area contributed by atoms with Crippen LogP contribution in [0.3, 0.4) is 0 Å². The van der Waals surface area contributed by atoms with Crippen LogP contribution in [0, 0.1) is 12.8 Å². The van der Waals surface area contributed by atoms with Gasteiger partial charge in [0.25, 0.3) is 0 Å². The highest BCUT2D eigenvalue weighted by Gasteiger charge is 2.17. The molecule has 0 saturated carbocycles. The van der Waals surface area contributed by atoms with Gasteiger partial charge >= 0.3 is 0 Å². The van der Waals surface area contributed by atoms with Gasteiger partial charge in [0.05, 0.1) is 17.1 Å². The van der Waals surface area contributed by atoms with Crippen LogP contribution in [0.25, 0.3) is 10.9 Å². The minimum Gasteiger partial charge on any atom is -0.359 e. The van der Waals surface area contributed by atoms with Crippen molar-refractivity contribution in [2.45, 2.75) is 40.5 Å². The van der Waals surface area contributed by atoms with Gasteiger partial charge in [-0.1, -0.05) is 29.5 Å². The van der Waals surface area contributed by atoms with Gasteiger partial charge in [-0.3, -0.25) is 14.8 Å². The van der Waals surface area contributed by atoms with Crippen molar-refractivity contribution in [1.29, 1.82) is 0 Å². The Balaban J connectivity index is 1.40. The summed E-state index contributed by atoms with van der Waals surface area (Å²) in [6.45, 7) is 7.66. The van der Waals surface area contributed by atoms with Crippen molar-refractivity contribution >= 4 is 33.9 Å². The Morgan fingerprint density at radius 3 is 2.66 bits per heavy atom. The van der Waals surface area contributed by atoms with Gasteiger partial charge in [0.2, 0.25) is 5.91 Å². The van der Waals surface area contributed by atoms with E-state index in [2.05, 4.69) is 47.5 Å². The molecule has 0 aliphatic heterocycles. The third kappa shape index (κ3) is 8.18. The van der Waals surface area contributed by atoms with E-state index in [0.717, 1.165) is 50.6 Å². The maximum absolute atomic E-state index is 13.0. The van der Waals surface area contributed by atoms with Crippen LogP contribution in [-0.2, 0) is 4.79 Å². The van der Waals surface area contributed by atoms with Crippen LogP contribution in [0.5, 0.6) is 0 Å². The predicted molar refractivity (Wildman–Crippen MR) is 165 cm³/mol. The Labute approximate surface area is 239 Å². The molecule has 1 amide bonds. The molecular weight excluding hydrogens is 514 g/mol. The van der Waals surface area contributed by atoms with Crippen LogP contribution in [0.15, 0.2) is 112 Å². The number of carbonyl (C=O) groups is 1. The highest BCUT2D eigenvalue weighted by molar-refractivity contribution is 6.03. The second-order valence-electron chi connectivity index (χ2n) is 9.81. The summed E-state index contributed by atoms with van der Waals surface area (Å²) in [5.41, 5.74) is 8.02. The number of nitrogens with two attached hydrogens (primary N) is 1. The lowest BCUT2D eigenvalue weighted by Gasteiger charge is -2.13. The smallest absolute Gasteiger partial charge is 0.231 e. The first-order valence-electron chi connectivity index (χ1n) is 13.3. The number of aromatic nitrogens is 2. The molecule has 1 aliphatic carbocycles. The van der Waals surface area contributed by atoms with Crippen LogP contribution in [0.2, 0.25) is 0 Å². The lowest BCUT2D eigenvalue weighted by Crippen LogP contribution is -2.28. The number of anilines is 2. The number of amides is 1. The first-order valence-corrected chi connectivity index (χ1v) is 13.3. The van der Waals surface area contributed by atoms with E-state index in [9.17, 15) is 4.79 Å². The van der Waals surface area contributed by atoms with E-state index in [1.165, 1.54) is 0 Å². The molecule has 10 nitrogen and oxygen atoms in total. The molecule has 0 spiro atoms. The number of carbonyl (C=O) groups excluding carboxylic acids is 1. The van der Waals surface area contributed by atoms with Crippen molar-refractivity contribution in [3.63, 3.8) is 0 Å². The van der Waals surface area contributed by atoms with E-state index in [4.69, 9.17) is 5.84 Å². The SMILES string of the molecule is C/C(=C\C=C(/C)Nc1ccnc(C)c1)NC(=O)C1C=CCC(Nc2ccnc3ccc(/C(C)=N/N=N\N)cc23)=CC1. The lowest BCUT2D eigenvalue weighted by atomic mass is 10.0. The number of nitrogens with one attached hydrogen (secondary N) is 3. The van der Waals surface area contributed by atoms with Crippen LogP contribution in [-0.4, -0.2) is 21.6 Å². The van der Waals surface area contributed by atoms with Gasteiger partial charge in [0.15, 0.2) is 0 Å². The Morgan fingerprint density at radius 1 is 1.05 bits per heavy atom. The van der Waals surface area contributed by atoms with Crippen LogP contribution < -0.4 is 21.8 Å². The van der Waals surface area contributed by atoms with Crippen molar-refractivity contribution in [3.8, 4) is 0 Å². The van der Waals surface area contributed by atoms with Crippen molar-refractivity contribution in [2.75, 3.05) is 10.6 Å². The third-order valence-electron chi connectivity index (χ3n) is 6.50. The first-order chi connectivity index (χ1) is 19.8. The zero-order valence-corrected chi connectivity index (χ0v) is 23.7. The fourth-order valence-corrected chi connectivity index (χ4v) is 4.36. The van der Waals surface area contributed by atoms with Gasteiger partial charge in [-0.25, -0.2) is 0 Å². The summed E-state index contributed by atoms with van der Waals surface area (Å²) >= 11 is 0. The molecule has 10 heteroatoms. The van der Waals surface area contributed by atoms with Gasteiger partial charge in [-0.2, -0.15) is 0 Å². The van der Waals surface area contributed by atoms with Gasteiger partial charge in [0.1, 0.15) is 0 Å². The Kier molecular flexibility index (Phi) is 9.71. The molecule has 1 unspecified atom stereocenters. The monoisotopic (exact) mass is 549 g/mol. The fraction of sp³-hybridized carbons (Fsp3) is 0.226. The summed E-state index contributed by atoms with van der Waals surface area (Å²) in [5, 5.41) is 21.6. The number of aryl methyl sites for hydroxylation is 1. The highest BCUT2D eigenvalue weighted by Crippen LogP contribution is 2.27. The molecule has 4 rings (SSSR count). The number of fused-ring (bicyclic) bond motifs is 1. The maximum Gasteiger partial charge on any atom is 0.231 e. The predicted octanol–water partition coefficient (Wildman–Crippen LogP) is 6.29. The van der Waals surface area contributed by atoms with Gasteiger partial charge in [-0.05, 0) is 87.4 Å². The first kappa shape index (κ1) is 28.9. The number of nitrogens with zero attached hydrogens (tertiary/aromatic N) is 5. The topological polar surface area (TPSA) is 142 Å². The quantitative estimate of drug-likeness (QED) is 0.0617. The second-order valence-corrected chi connectivity index (χ2v) is 9.81. The summed E-state index contributed by atoms with van der Waals surface area (Å²) in [6, 6.07) is 11.7. The molecule has 1 aromatic carbocycles. The van der Waals surface area contributed by atoms with Gasteiger partial charge in [0, 0.05) is 58.4 Å². The molecule has 2 aromatic heterocycles. The summed E-state index contributed by atoms with van der Waals surface area (Å²) in [7, 11) is 0. The minimum absolute atomic E-state index is 0.0420. The van der Waals surface area contributed by atoms with Gasteiger partial charge in [-0.15, -0.1) is 5.10 Å². The summed E-state index contributed by atoms with van der Waals surface area (Å²) in [5.74, 6) is 4.77. The molecule has 41 heavy (non-hydrogen) atoms. The molecule has 3 aromatic rings. The molecule has 0 radical (unpaired) electrons. The minimum atomic E-state index is -0.267.